The standard InChI is InChI=1S/C21H22FN3O4S/c1-13(29-18-6-4-3-5-17(18)22)20(27)23-24-21(28)14-11-19(26)25(12-14)15-7-9-16(30-2)10-8-15/h3-10,13-14H,11-12H2,1-2H3,(H,23,27)(H,24,28). The Hall–Kier alpha value is -3.07. The van der Waals surface area contributed by atoms with Crippen LogP contribution in [0.2, 0.25) is 0 Å². The number of amides is 3. The first kappa shape index (κ1) is 21.6. The van der Waals surface area contributed by atoms with Gasteiger partial charge in [-0.1, -0.05) is 12.1 Å². The second kappa shape index (κ2) is 9.62. The molecule has 3 rings (SSSR count). The van der Waals surface area contributed by atoms with Crippen molar-refractivity contribution in [3.63, 3.8) is 0 Å². The highest BCUT2D eigenvalue weighted by Gasteiger charge is 2.35. The van der Waals surface area contributed by atoms with E-state index in [1.54, 1.807) is 22.7 Å². The fourth-order valence-electron chi connectivity index (χ4n) is 3.01. The van der Waals surface area contributed by atoms with Gasteiger partial charge < -0.3 is 9.64 Å². The molecule has 0 saturated carbocycles. The monoisotopic (exact) mass is 431 g/mol. The molecule has 1 saturated heterocycles. The smallest absolute Gasteiger partial charge is 0.279 e. The van der Waals surface area contributed by atoms with Crippen molar-refractivity contribution in [3.8, 4) is 5.75 Å². The van der Waals surface area contributed by atoms with E-state index in [-0.39, 0.29) is 24.6 Å². The number of rotatable bonds is 6. The van der Waals surface area contributed by atoms with E-state index >= 15 is 0 Å². The fourth-order valence-corrected chi connectivity index (χ4v) is 3.41. The number of hydrazine groups is 1. The number of carbonyl (C=O) groups is 3. The Kier molecular flexibility index (Phi) is 6.94. The van der Waals surface area contributed by atoms with Crippen LogP contribution in [0.25, 0.3) is 0 Å². The lowest BCUT2D eigenvalue weighted by atomic mass is 10.1. The van der Waals surface area contributed by atoms with E-state index in [9.17, 15) is 18.8 Å². The van der Waals surface area contributed by atoms with Gasteiger partial charge in [0.15, 0.2) is 17.7 Å². The molecule has 3 amide bonds. The third kappa shape index (κ3) is 5.10. The maximum atomic E-state index is 13.6. The molecule has 1 fully saturated rings. The van der Waals surface area contributed by atoms with E-state index in [2.05, 4.69) is 10.9 Å². The van der Waals surface area contributed by atoms with E-state index in [4.69, 9.17) is 4.74 Å². The minimum Gasteiger partial charge on any atom is -0.478 e. The molecule has 1 aliphatic heterocycles. The van der Waals surface area contributed by atoms with Gasteiger partial charge in [-0.05, 0) is 49.6 Å². The molecule has 30 heavy (non-hydrogen) atoms. The van der Waals surface area contributed by atoms with Crippen molar-refractivity contribution in [2.75, 3.05) is 17.7 Å². The summed E-state index contributed by atoms with van der Waals surface area (Å²) in [7, 11) is 0. The van der Waals surface area contributed by atoms with Gasteiger partial charge >= 0.3 is 0 Å². The number of halogens is 1. The molecule has 1 aliphatic rings. The molecule has 2 unspecified atom stereocenters. The van der Waals surface area contributed by atoms with Crippen LogP contribution in [0.15, 0.2) is 53.4 Å². The van der Waals surface area contributed by atoms with Gasteiger partial charge in [0.2, 0.25) is 11.8 Å². The number of hydrogen-bond donors (Lipinski definition) is 2. The summed E-state index contributed by atoms with van der Waals surface area (Å²) < 4.78 is 18.9. The van der Waals surface area contributed by atoms with Gasteiger partial charge in [0, 0.05) is 23.5 Å². The first-order chi connectivity index (χ1) is 14.4. The highest BCUT2D eigenvalue weighted by Crippen LogP contribution is 2.27. The van der Waals surface area contributed by atoms with Crippen LogP contribution in [-0.4, -0.2) is 36.6 Å². The Bertz CT molecular complexity index is 938. The second-order valence-electron chi connectivity index (χ2n) is 6.77. The Morgan fingerprint density at radius 3 is 2.53 bits per heavy atom. The Balaban J connectivity index is 1.51. The van der Waals surface area contributed by atoms with Gasteiger partial charge in [-0.15, -0.1) is 11.8 Å². The molecule has 1 heterocycles. The van der Waals surface area contributed by atoms with Crippen LogP contribution in [0.4, 0.5) is 10.1 Å². The largest absolute Gasteiger partial charge is 0.478 e. The lowest BCUT2D eigenvalue weighted by Crippen LogP contribution is -2.49. The molecular weight excluding hydrogens is 409 g/mol. The van der Waals surface area contributed by atoms with Crippen molar-refractivity contribution >= 4 is 35.2 Å². The van der Waals surface area contributed by atoms with Gasteiger partial charge in [0.25, 0.3) is 5.91 Å². The van der Waals surface area contributed by atoms with E-state index in [0.717, 1.165) is 10.6 Å². The Labute approximate surface area is 177 Å². The molecule has 2 aromatic carbocycles. The van der Waals surface area contributed by atoms with Gasteiger partial charge in [-0.25, -0.2) is 4.39 Å². The lowest BCUT2D eigenvalue weighted by molar-refractivity contribution is -0.134. The topological polar surface area (TPSA) is 87.7 Å². The highest BCUT2D eigenvalue weighted by molar-refractivity contribution is 7.98. The van der Waals surface area contributed by atoms with Gasteiger partial charge in [0.1, 0.15) is 0 Å². The Morgan fingerprint density at radius 1 is 1.17 bits per heavy atom. The Morgan fingerprint density at radius 2 is 1.87 bits per heavy atom. The number of benzene rings is 2. The number of nitrogens with zero attached hydrogens (tertiary/aromatic N) is 1. The molecule has 158 valence electrons. The average molecular weight is 431 g/mol. The van der Waals surface area contributed by atoms with Crippen LogP contribution >= 0.6 is 11.8 Å². The number of nitrogens with one attached hydrogen (secondary N) is 2. The number of hydrogen-bond acceptors (Lipinski definition) is 5. The minimum atomic E-state index is -1.03. The molecule has 7 nitrogen and oxygen atoms in total. The van der Waals surface area contributed by atoms with Crippen LogP contribution in [0.1, 0.15) is 13.3 Å². The predicted octanol–water partition coefficient (Wildman–Crippen LogP) is 2.52. The molecule has 9 heteroatoms. The van der Waals surface area contributed by atoms with Crippen LogP contribution < -0.4 is 20.5 Å². The van der Waals surface area contributed by atoms with Crippen molar-refractivity contribution in [2.45, 2.75) is 24.3 Å². The van der Waals surface area contributed by atoms with Crippen molar-refractivity contribution in [1.82, 2.24) is 10.9 Å². The lowest BCUT2D eigenvalue weighted by Gasteiger charge is -2.18. The minimum absolute atomic E-state index is 0.0489. The first-order valence-electron chi connectivity index (χ1n) is 9.34. The number of anilines is 1. The van der Waals surface area contributed by atoms with E-state index in [1.165, 1.54) is 25.1 Å². The van der Waals surface area contributed by atoms with Gasteiger partial charge in [-0.2, -0.15) is 0 Å². The third-order valence-corrected chi connectivity index (χ3v) is 5.44. The van der Waals surface area contributed by atoms with Crippen molar-refractivity contribution in [3.05, 3.63) is 54.3 Å². The number of thioether (sulfide) groups is 1. The zero-order chi connectivity index (χ0) is 21.7. The maximum Gasteiger partial charge on any atom is 0.279 e. The third-order valence-electron chi connectivity index (χ3n) is 4.70. The summed E-state index contributed by atoms with van der Waals surface area (Å²) in [6.45, 7) is 1.66. The summed E-state index contributed by atoms with van der Waals surface area (Å²) in [5.41, 5.74) is 5.31. The molecule has 0 aromatic heterocycles. The van der Waals surface area contributed by atoms with E-state index in [1.807, 2.05) is 30.5 Å². The number of para-hydroxylation sites is 1. The number of ether oxygens (including phenoxy) is 1. The van der Waals surface area contributed by atoms with Crippen LogP contribution in [0.3, 0.4) is 0 Å². The zero-order valence-corrected chi connectivity index (χ0v) is 17.4. The van der Waals surface area contributed by atoms with Gasteiger partial charge in [-0.3, -0.25) is 25.2 Å². The maximum absolute atomic E-state index is 13.6. The van der Waals surface area contributed by atoms with Crippen LogP contribution in [-0.2, 0) is 14.4 Å². The molecule has 2 N–H and O–H groups in total. The van der Waals surface area contributed by atoms with Crippen LogP contribution in [0.5, 0.6) is 5.75 Å². The van der Waals surface area contributed by atoms with Crippen molar-refractivity contribution in [1.29, 1.82) is 0 Å². The molecule has 0 bridgehead atoms. The second-order valence-corrected chi connectivity index (χ2v) is 7.65. The zero-order valence-electron chi connectivity index (χ0n) is 16.6. The van der Waals surface area contributed by atoms with Crippen LogP contribution in [0, 0.1) is 11.7 Å². The highest BCUT2D eigenvalue weighted by atomic mass is 32.2. The SMILES string of the molecule is CSc1ccc(N2CC(C(=O)NNC(=O)C(C)Oc3ccccc3F)CC2=O)cc1. The molecule has 0 radical (unpaired) electrons. The van der Waals surface area contributed by atoms with Crippen molar-refractivity contribution < 1.29 is 23.5 Å². The first-order valence-corrected chi connectivity index (χ1v) is 10.6. The summed E-state index contributed by atoms with van der Waals surface area (Å²) in [6, 6.07) is 13.2. The number of carbonyl (C=O) groups excluding carboxylic acids is 3. The van der Waals surface area contributed by atoms with E-state index < -0.39 is 29.7 Å². The molecule has 2 aromatic rings. The fraction of sp³-hybridized carbons (Fsp3) is 0.286. The summed E-state index contributed by atoms with van der Waals surface area (Å²) in [5, 5.41) is 0. The summed E-state index contributed by atoms with van der Waals surface area (Å²) in [5.74, 6) is -2.51. The quantitative estimate of drug-likeness (QED) is 0.542. The molecule has 2 atom stereocenters. The average Bonchev–Trinajstić information content (AvgIpc) is 3.15. The summed E-state index contributed by atoms with van der Waals surface area (Å²) >= 11 is 1.60. The summed E-state index contributed by atoms with van der Waals surface area (Å²) in [4.78, 5) is 39.5. The van der Waals surface area contributed by atoms with Crippen molar-refractivity contribution in [2.24, 2.45) is 5.92 Å². The summed E-state index contributed by atoms with van der Waals surface area (Å²) in [6.07, 6.45) is 0.985. The van der Waals surface area contributed by atoms with Gasteiger partial charge in [0.05, 0.1) is 5.92 Å². The molecule has 0 spiro atoms. The van der Waals surface area contributed by atoms with E-state index in [0.29, 0.717) is 0 Å². The molecular formula is C21H22FN3O4S. The predicted molar refractivity (Wildman–Crippen MR) is 111 cm³/mol. The molecule has 0 aliphatic carbocycles. The normalized spacial score (nSPS) is 16.8.